The fourth-order valence-corrected chi connectivity index (χ4v) is 4.16. The monoisotopic (exact) mass is 576 g/mol. The molecule has 2 aromatic rings. The van der Waals surface area contributed by atoms with Crippen molar-refractivity contribution in [2.75, 3.05) is 13.1 Å². The summed E-state index contributed by atoms with van der Waals surface area (Å²) in [6, 6.07) is 5.77. The minimum absolute atomic E-state index is 0. The second-order valence-electron chi connectivity index (χ2n) is 8.33. The van der Waals surface area contributed by atoms with Gasteiger partial charge in [-0.2, -0.15) is 13.2 Å². The van der Waals surface area contributed by atoms with Gasteiger partial charge in [0, 0.05) is 25.6 Å². The number of nitrogens with zero attached hydrogens (tertiary/aromatic N) is 4. The summed E-state index contributed by atoms with van der Waals surface area (Å²) in [5.41, 5.74) is -0.250. The molecule has 10 heteroatoms. The molecule has 0 saturated heterocycles. The average Bonchev–Trinajstić information content (AvgIpc) is 3.11. The number of halogens is 4. The molecule has 0 spiro atoms. The molecule has 1 aromatic carbocycles. The molecule has 33 heavy (non-hydrogen) atoms. The van der Waals surface area contributed by atoms with Crippen molar-refractivity contribution in [2.24, 2.45) is 12.0 Å². The first-order valence-electron chi connectivity index (χ1n) is 10.9. The fraction of sp³-hybridized carbons (Fsp3) is 0.522. The third-order valence-electron chi connectivity index (χ3n) is 6.18. The van der Waals surface area contributed by atoms with Crippen molar-refractivity contribution in [3.05, 3.63) is 59.7 Å². The summed E-state index contributed by atoms with van der Waals surface area (Å²) in [7, 11) is 1.88. The van der Waals surface area contributed by atoms with E-state index in [1.807, 2.05) is 24.6 Å². The van der Waals surface area contributed by atoms with Crippen molar-refractivity contribution in [2.45, 2.75) is 57.2 Å². The number of aryl methyl sites for hydroxylation is 1. The quantitative estimate of drug-likeness (QED) is 0.214. The van der Waals surface area contributed by atoms with E-state index >= 15 is 0 Å². The SMILES string of the molecule is C=CCNC(=NCc1nnc(C)n1C)NCC1(c2cccc(C(F)(F)F)c2)CCCCC1.I. The molecular formula is C23H32F3IN6. The molecule has 0 bridgehead atoms. The van der Waals surface area contributed by atoms with Crippen LogP contribution in [0.2, 0.25) is 0 Å². The van der Waals surface area contributed by atoms with Crippen LogP contribution in [0.3, 0.4) is 0 Å². The van der Waals surface area contributed by atoms with Gasteiger partial charge in [0.1, 0.15) is 12.4 Å². The third-order valence-corrected chi connectivity index (χ3v) is 6.18. The van der Waals surface area contributed by atoms with Gasteiger partial charge in [-0.1, -0.05) is 43.5 Å². The Morgan fingerprint density at radius 2 is 1.94 bits per heavy atom. The lowest BCUT2D eigenvalue weighted by Crippen LogP contribution is -2.46. The van der Waals surface area contributed by atoms with Crippen molar-refractivity contribution in [1.29, 1.82) is 0 Å². The van der Waals surface area contributed by atoms with Gasteiger partial charge in [0.25, 0.3) is 0 Å². The second-order valence-corrected chi connectivity index (χ2v) is 8.33. The van der Waals surface area contributed by atoms with Crippen LogP contribution in [-0.4, -0.2) is 33.8 Å². The minimum atomic E-state index is -4.36. The van der Waals surface area contributed by atoms with Crippen LogP contribution in [0.1, 0.15) is 54.9 Å². The van der Waals surface area contributed by atoms with E-state index in [0.29, 0.717) is 25.6 Å². The van der Waals surface area contributed by atoms with E-state index in [-0.39, 0.29) is 29.4 Å². The van der Waals surface area contributed by atoms with Crippen molar-refractivity contribution >= 4 is 29.9 Å². The first-order chi connectivity index (χ1) is 15.2. The Kier molecular flexibility index (Phi) is 9.74. The number of rotatable bonds is 7. The van der Waals surface area contributed by atoms with E-state index in [1.165, 1.54) is 12.1 Å². The zero-order chi connectivity index (χ0) is 23.2. The maximum atomic E-state index is 13.3. The molecule has 3 rings (SSSR count). The van der Waals surface area contributed by atoms with Crippen LogP contribution >= 0.6 is 24.0 Å². The summed E-state index contributed by atoms with van der Waals surface area (Å²) < 4.78 is 41.9. The van der Waals surface area contributed by atoms with Crippen LogP contribution in [0.15, 0.2) is 41.9 Å². The lowest BCUT2D eigenvalue weighted by molar-refractivity contribution is -0.137. The summed E-state index contributed by atoms with van der Waals surface area (Å²) in [6.45, 7) is 6.95. The van der Waals surface area contributed by atoms with Crippen molar-refractivity contribution < 1.29 is 13.2 Å². The van der Waals surface area contributed by atoms with Crippen molar-refractivity contribution in [3.8, 4) is 0 Å². The smallest absolute Gasteiger partial charge is 0.355 e. The first-order valence-corrected chi connectivity index (χ1v) is 10.9. The largest absolute Gasteiger partial charge is 0.416 e. The zero-order valence-corrected chi connectivity index (χ0v) is 21.4. The Bertz CT molecular complexity index is 948. The molecule has 0 radical (unpaired) electrons. The molecule has 0 unspecified atom stereocenters. The number of guanidine groups is 1. The molecule has 1 aliphatic carbocycles. The van der Waals surface area contributed by atoms with E-state index in [0.717, 1.165) is 55.4 Å². The van der Waals surface area contributed by atoms with Gasteiger partial charge in [0.15, 0.2) is 11.8 Å². The lowest BCUT2D eigenvalue weighted by Gasteiger charge is -2.38. The maximum Gasteiger partial charge on any atom is 0.416 e. The highest BCUT2D eigenvalue weighted by molar-refractivity contribution is 14.0. The lowest BCUT2D eigenvalue weighted by atomic mass is 9.69. The maximum absolute atomic E-state index is 13.3. The molecule has 1 saturated carbocycles. The molecule has 1 fully saturated rings. The van der Waals surface area contributed by atoms with Crippen molar-refractivity contribution in [3.63, 3.8) is 0 Å². The Labute approximate surface area is 210 Å². The number of hydrogen-bond donors (Lipinski definition) is 2. The van der Waals surface area contributed by atoms with E-state index in [4.69, 9.17) is 0 Å². The van der Waals surface area contributed by atoms with Crippen LogP contribution in [0.25, 0.3) is 0 Å². The normalized spacial score (nSPS) is 16.1. The molecule has 0 amide bonds. The van der Waals surface area contributed by atoms with E-state index in [1.54, 1.807) is 6.08 Å². The molecule has 1 aliphatic rings. The van der Waals surface area contributed by atoms with Gasteiger partial charge in [-0.25, -0.2) is 4.99 Å². The number of hydrogen-bond acceptors (Lipinski definition) is 3. The van der Waals surface area contributed by atoms with E-state index < -0.39 is 11.7 Å². The molecular weight excluding hydrogens is 544 g/mol. The molecule has 0 aliphatic heterocycles. The van der Waals surface area contributed by atoms with Crippen LogP contribution < -0.4 is 10.6 Å². The number of aromatic nitrogens is 3. The molecule has 6 nitrogen and oxygen atoms in total. The highest BCUT2D eigenvalue weighted by Crippen LogP contribution is 2.41. The Morgan fingerprint density at radius 1 is 1.21 bits per heavy atom. The van der Waals surface area contributed by atoms with Crippen LogP contribution in [0.4, 0.5) is 13.2 Å². The number of alkyl halides is 3. The standard InChI is InChI=1S/C23H31F3N6.HI/c1-4-13-27-21(28-15-20-31-30-17(2)32(20)3)29-16-22(11-6-5-7-12-22)18-9-8-10-19(14-18)23(24,25)26;/h4,8-10,14H,1,5-7,11-13,15-16H2,2-3H3,(H2,27,28,29);1H. The highest BCUT2D eigenvalue weighted by Gasteiger charge is 2.37. The minimum Gasteiger partial charge on any atom is -0.355 e. The van der Waals surface area contributed by atoms with Gasteiger partial charge >= 0.3 is 6.18 Å². The van der Waals surface area contributed by atoms with Crippen LogP contribution in [-0.2, 0) is 25.2 Å². The van der Waals surface area contributed by atoms with Crippen molar-refractivity contribution in [1.82, 2.24) is 25.4 Å². The summed E-state index contributed by atoms with van der Waals surface area (Å²) >= 11 is 0. The first kappa shape index (κ1) is 27.1. The van der Waals surface area contributed by atoms with E-state index in [9.17, 15) is 13.2 Å². The van der Waals surface area contributed by atoms with Gasteiger partial charge < -0.3 is 15.2 Å². The van der Waals surface area contributed by atoms with E-state index in [2.05, 4.69) is 32.4 Å². The zero-order valence-electron chi connectivity index (χ0n) is 19.1. The van der Waals surface area contributed by atoms with Gasteiger partial charge in [-0.05, 0) is 31.4 Å². The fourth-order valence-electron chi connectivity index (χ4n) is 4.16. The van der Waals surface area contributed by atoms with Crippen LogP contribution in [0, 0.1) is 6.92 Å². The predicted octanol–water partition coefficient (Wildman–Crippen LogP) is 4.88. The van der Waals surface area contributed by atoms with Gasteiger partial charge in [-0.15, -0.1) is 40.8 Å². The predicted molar refractivity (Wildman–Crippen MR) is 135 cm³/mol. The molecule has 2 N–H and O–H groups in total. The number of benzene rings is 1. The highest BCUT2D eigenvalue weighted by atomic mass is 127. The Balaban J connectivity index is 0.00000385. The van der Waals surface area contributed by atoms with Crippen LogP contribution in [0.5, 0.6) is 0 Å². The number of nitrogens with one attached hydrogen (secondary N) is 2. The molecule has 1 heterocycles. The topological polar surface area (TPSA) is 67.1 Å². The summed E-state index contributed by atoms with van der Waals surface area (Å²) in [5.74, 6) is 2.10. The van der Waals surface area contributed by atoms with Gasteiger partial charge in [0.2, 0.25) is 0 Å². The molecule has 1 aromatic heterocycles. The molecule has 182 valence electrons. The third kappa shape index (κ3) is 6.94. The number of aliphatic imine (C=N–C) groups is 1. The van der Waals surface area contributed by atoms with Gasteiger partial charge in [0.05, 0.1) is 5.56 Å². The Hall–Kier alpha value is -2.11. The van der Waals surface area contributed by atoms with Gasteiger partial charge in [-0.3, -0.25) is 0 Å². The average molecular weight is 576 g/mol. The Morgan fingerprint density at radius 3 is 2.55 bits per heavy atom. The molecule has 0 atom stereocenters. The summed E-state index contributed by atoms with van der Waals surface area (Å²) in [5, 5.41) is 14.7. The summed E-state index contributed by atoms with van der Waals surface area (Å²) in [6.07, 6.45) is 2.11. The summed E-state index contributed by atoms with van der Waals surface area (Å²) in [4.78, 5) is 4.61. The second kappa shape index (κ2) is 11.8.